The van der Waals surface area contributed by atoms with E-state index in [1.165, 1.54) is 6.92 Å². The fourth-order valence-electron chi connectivity index (χ4n) is 0.0941. The Hall–Kier alpha value is 0.250. The number of carbonyl (C=O) groups is 1. The molecule has 0 bridgehead atoms. The van der Waals surface area contributed by atoms with Crippen molar-refractivity contribution in [2.75, 3.05) is 5.88 Å². The summed E-state index contributed by atoms with van der Waals surface area (Å²) in [6.07, 6.45) is 0. The van der Waals surface area contributed by atoms with E-state index >= 15 is 0 Å². The number of hydrogen-bond acceptors (Lipinski definition) is 1. The average Bonchev–Trinajstić information content (AvgIpc) is 1.67. The molecular formula is C5H8Cl2O. The van der Waals surface area contributed by atoms with Crippen LogP contribution >= 0.6 is 23.2 Å². The molecule has 0 spiro atoms. The standard InChI is InChI=1S/C5H8Cl2O/c1-4(8)5(2,7)3-6/h3H2,1-2H3. The molecule has 0 aromatic heterocycles. The van der Waals surface area contributed by atoms with Gasteiger partial charge in [-0.05, 0) is 13.8 Å². The van der Waals surface area contributed by atoms with Crippen LogP contribution in [0.1, 0.15) is 13.8 Å². The molecule has 0 aromatic rings. The highest BCUT2D eigenvalue weighted by Gasteiger charge is 2.24. The Labute approximate surface area is 59.0 Å². The molecule has 0 saturated carbocycles. The van der Waals surface area contributed by atoms with Gasteiger partial charge in [0.25, 0.3) is 0 Å². The van der Waals surface area contributed by atoms with E-state index in [1.54, 1.807) is 6.92 Å². The quantitative estimate of drug-likeness (QED) is 0.555. The van der Waals surface area contributed by atoms with Gasteiger partial charge in [0, 0.05) is 5.88 Å². The van der Waals surface area contributed by atoms with Crippen molar-refractivity contribution in [1.29, 1.82) is 0 Å². The van der Waals surface area contributed by atoms with Gasteiger partial charge in [0.05, 0.1) is 0 Å². The van der Waals surface area contributed by atoms with Gasteiger partial charge in [0.2, 0.25) is 0 Å². The van der Waals surface area contributed by atoms with E-state index in [4.69, 9.17) is 23.2 Å². The predicted molar refractivity (Wildman–Crippen MR) is 35.7 cm³/mol. The fraction of sp³-hybridized carbons (Fsp3) is 0.800. The third-order valence-corrected chi connectivity index (χ3v) is 2.06. The summed E-state index contributed by atoms with van der Waals surface area (Å²) in [4.78, 5) is 9.62. The van der Waals surface area contributed by atoms with Gasteiger partial charge in [-0.25, -0.2) is 0 Å². The Kier molecular flexibility index (Phi) is 2.78. The molecule has 1 nitrogen and oxygen atoms in total. The molecule has 0 rings (SSSR count). The first-order chi connectivity index (χ1) is 3.50. The molecule has 3 heteroatoms. The molecule has 0 aliphatic carbocycles. The molecule has 0 N–H and O–H groups in total. The summed E-state index contributed by atoms with van der Waals surface area (Å²) in [7, 11) is 0. The number of carbonyl (C=O) groups excluding carboxylic acids is 1. The van der Waals surface area contributed by atoms with E-state index in [-0.39, 0.29) is 11.7 Å². The molecule has 48 valence electrons. The van der Waals surface area contributed by atoms with E-state index in [1.807, 2.05) is 0 Å². The summed E-state index contributed by atoms with van der Waals surface area (Å²) in [5, 5.41) is 0. The van der Waals surface area contributed by atoms with Crippen LogP contribution in [0.15, 0.2) is 0 Å². The van der Waals surface area contributed by atoms with Crippen LogP contribution in [-0.2, 0) is 4.79 Å². The second-order valence-electron chi connectivity index (χ2n) is 1.89. The van der Waals surface area contributed by atoms with Crippen molar-refractivity contribution in [2.45, 2.75) is 18.7 Å². The molecule has 1 atom stereocenters. The fourth-order valence-corrected chi connectivity index (χ4v) is 0.282. The van der Waals surface area contributed by atoms with Gasteiger partial charge in [-0.2, -0.15) is 0 Å². The summed E-state index contributed by atoms with van der Waals surface area (Å²) in [6, 6.07) is 0. The van der Waals surface area contributed by atoms with Gasteiger partial charge in [0.15, 0.2) is 5.78 Å². The second kappa shape index (κ2) is 2.70. The Bertz CT molecular complexity index is 98.6. The number of hydrogen-bond donors (Lipinski definition) is 0. The van der Waals surface area contributed by atoms with E-state index in [2.05, 4.69) is 0 Å². The summed E-state index contributed by atoms with van der Waals surface area (Å²) >= 11 is 10.9. The molecule has 0 amide bonds. The topological polar surface area (TPSA) is 17.1 Å². The zero-order valence-electron chi connectivity index (χ0n) is 4.87. The van der Waals surface area contributed by atoms with Crippen LogP contribution in [0.25, 0.3) is 0 Å². The SMILES string of the molecule is CC(=O)C(C)(Cl)CCl. The number of Topliss-reactive ketones (excluding diaryl/α,β-unsaturated/α-hetero) is 1. The Balaban J connectivity index is 3.91. The highest BCUT2D eigenvalue weighted by molar-refractivity contribution is 6.39. The lowest BCUT2D eigenvalue weighted by molar-refractivity contribution is -0.118. The molecule has 8 heavy (non-hydrogen) atoms. The van der Waals surface area contributed by atoms with Gasteiger partial charge in [-0.1, -0.05) is 0 Å². The first-order valence-electron chi connectivity index (χ1n) is 2.26. The van der Waals surface area contributed by atoms with E-state index < -0.39 is 4.87 Å². The van der Waals surface area contributed by atoms with Crippen molar-refractivity contribution in [2.24, 2.45) is 0 Å². The second-order valence-corrected chi connectivity index (χ2v) is 2.99. The Morgan fingerprint density at radius 2 is 2.12 bits per heavy atom. The van der Waals surface area contributed by atoms with Gasteiger partial charge >= 0.3 is 0 Å². The van der Waals surface area contributed by atoms with Crippen LogP contribution in [0.4, 0.5) is 0 Å². The van der Waals surface area contributed by atoms with Crippen LogP contribution in [0, 0.1) is 0 Å². The molecule has 0 aliphatic heterocycles. The maximum Gasteiger partial charge on any atom is 0.151 e. The first kappa shape index (κ1) is 8.25. The minimum Gasteiger partial charge on any atom is -0.298 e. The molecule has 0 fully saturated rings. The Morgan fingerprint density at radius 3 is 2.12 bits per heavy atom. The normalized spacial score (nSPS) is 17.5. The van der Waals surface area contributed by atoms with E-state index in [0.29, 0.717) is 0 Å². The minimum absolute atomic E-state index is 0.0887. The summed E-state index contributed by atoms with van der Waals surface area (Å²) in [6.45, 7) is 3.03. The molecule has 0 saturated heterocycles. The van der Waals surface area contributed by atoms with Crippen molar-refractivity contribution in [3.05, 3.63) is 0 Å². The molecule has 0 heterocycles. The summed E-state index contributed by atoms with van der Waals surface area (Å²) < 4.78 is 0. The van der Waals surface area contributed by atoms with Crippen LogP contribution in [0.2, 0.25) is 0 Å². The zero-order valence-corrected chi connectivity index (χ0v) is 6.38. The molecular weight excluding hydrogens is 147 g/mol. The lowest BCUT2D eigenvalue weighted by Gasteiger charge is -2.12. The highest BCUT2D eigenvalue weighted by atomic mass is 35.5. The minimum atomic E-state index is -0.860. The van der Waals surface area contributed by atoms with Crippen molar-refractivity contribution < 1.29 is 4.79 Å². The largest absolute Gasteiger partial charge is 0.298 e. The third-order valence-electron chi connectivity index (χ3n) is 0.985. The number of halogens is 2. The average molecular weight is 155 g/mol. The van der Waals surface area contributed by atoms with Crippen LogP contribution in [0.5, 0.6) is 0 Å². The number of alkyl halides is 2. The summed E-state index contributed by atoms with van der Waals surface area (Å²) in [5.74, 6) is 0.0818. The van der Waals surface area contributed by atoms with Gasteiger partial charge in [-0.3, -0.25) is 4.79 Å². The van der Waals surface area contributed by atoms with E-state index in [9.17, 15) is 4.79 Å². The maximum absolute atomic E-state index is 10.5. The number of rotatable bonds is 2. The van der Waals surface area contributed by atoms with Gasteiger partial charge in [-0.15, -0.1) is 23.2 Å². The highest BCUT2D eigenvalue weighted by Crippen LogP contribution is 2.16. The van der Waals surface area contributed by atoms with E-state index in [0.717, 1.165) is 0 Å². The van der Waals surface area contributed by atoms with Crippen LogP contribution < -0.4 is 0 Å². The zero-order chi connectivity index (χ0) is 6.78. The van der Waals surface area contributed by atoms with Crippen molar-refractivity contribution >= 4 is 29.0 Å². The van der Waals surface area contributed by atoms with Crippen LogP contribution in [0.3, 0.4) is 0 Å². The van der Waals surface area contributed by atoms with Crippen molar-refractivity contribution in [1.82, 2.24) is 0 Å². The molecule has 0 radical (unpaired) electrons. The molecule has 0 aliphatic rings. The first-order valence-corrected chi connectivity index (χ1v) is 3.18. The monoisotopic (exact) mass is 154 g/mol. The maximum atomic E-state index is 10.5. The summed E-state index contributed by atoms with van der Waals surface area (Å²) in [5.41, 5.74) is 0. The predicted octanol–water partition coefficient (Wildman–Crippen LogP) is 1.81. The van der Waals surface area contributed by atoms with Crippen LogP contribution in [-0.4, -0.2) is 16.5 Å². The van der Waals surface area contributed by atoms with Gasteiger partial charge < -0.3 is 0 Å². The Morgan fingerprint density at radius 1 is 1.75 bits per heavy atom. The smallest absolute Gasteiger partial charge is 0.151 e. The van der Waals surface area contributed by atoms with Crippen molar-refractivity contribution in [3.8, 4) is 0 Å². The lowest BCUT2D eigenvalue weighted by Crippen LogP contribution is -2.27. The lowest BCUT2D eigenvalue weighted by atomic mass is 10.1. The molecule has 1 unspecified atom stereocenters. The van der Waals surface area contributed by atoms with Crippen molar-refractivity contribution in [3.63, 3.8) is 0 Å². The van der Waals surface area contributed by atoms with Gasteiger partial charge in [0.1, 0.15) is 4.87 Å². The molecule has 0 aromatic carbocycles. The number of ketones is 1. The third kappa shape index (κ3) is 2.01.